The number of carboxylic acid groups (broad SMARTS) is 2. The Labute approximate surface area is 147 Å². The normalized spacial score (nSPS) is 13.6. The number of carbonyl (C=O) groups excluding carboxylic acids is 4. The van der Waals surface area contributed by atoms with E-state index in [0.29, 0.717) is 0 Å². The quantitative estimate of drug-likeness (QED) is 0.185. The first-order valence-electron chi connectivity index (χ1n) is 7.31. The molecule has 0 aliphatic rings. The predicted molar refractivity (Wildman–Crippen MR) is 84.2 cm³/mol. The maximum Gasteiger partial charge on any atom is 0.325 e. The van der Waals surface area contributed by atoms with Crippen LogP contribution >= 0.6 is 0 Å². The van der Waals surface area contributed by atoms with Crippen LogP contribution in [0.4, 0.5) is 0 Å². The van der Waals surface area contributed by atoms with E-state index in [0.717, 1.165) is 6.92 Å². The van der Waals surface area contributed by atoms with E-state index in [2.05, 4.69) is 5.32 Å². The average Bonchev–Trinajstić information content (AvgIpc) is 2.52. The van der Waals surface area contributed by atoms with Crippen LogP contribution < -0.4 is 27.4 Å². The Morgan fingerprint density at radius 3 is 1.81 bits per heavy atom. The number of amides is 4. The van der Waals surface area contributed by atoms with Crippen molar-refractivity contribution in [2.45, 2.75) is 37.9 Å². The Kier molecular flexibility index (Phi) is 9.29. The average molecular weight is 375 g/mol. The molecule has 9 N–H and O–H groups in total. The van der Waals surface area contributed by atoms with E-state index in [1.165, 1.54) is 0 Å². The number of carbonyl (C=O) groups is 6. The molecule has 4 amide bonds. The lowest BCUT2D eigenvalue weighted by Crippen LogP contribution is -2.57. The van der Waals surface area contributed by atoms with Gasteiger partial charge in [-0.15, -0.1) is 0 Å². The summed E-state index contributed by atoms with van der Waals surface area (Å²) in [6.07, 6.45) is -1.48. The van der Waals surface area contributed by atoms with Crippen LogP contribution in [0.3, 0.4) is 0 Å². The summed E-state index contributed by atoms with van der Waals surface area (Å²) in [4.78, 5) is 68.2. The third kappa shape index (κ3) is 8.58. The minimum absolute atomic E-state index is 0.488. The molecule has 13 nitrogen and oxygen atoms in total. The fourth-order valence-corrected chi connectivity index (χ4v) is 1.70. The Balaban J connectivity index is 5.24. The van der Waals surface area contributed by atoms with Crippen molar-refractivity contribution in [3.8, 4) is 0 Å². The predicted octanol–water partition coefficient (Wildman–Crippen LogP) is -4.15. The smallest absolute Gasteiger partial charge is 0.325 e. The molecule has 0 aromatic carbocycles. The number of nitrogens with two attached hydrogens (primary N) is 2. The summed E-state index contributed by atoms with van der Waals surface area (Å²) < 4.78 is 0. The highest BCUT2D eigenvalue weighted by Gasteiger charge is 2.30. The third-order valence-corrected chi connectivity index (χ3v) is 2.98. The molecule has 3 unspecified atom stereocenters. The van der Waals surface area contributed by atoms with Gasteiger partial charge < -0.3 is 37.6 Å². The van der Waals surface area contributed by atoms with Gasteiger partial charge in [0.05, 0.1) is 19.4 Å². The molecule has 0 aromatic rings. The van der Waals surface area contributed by atoms with Gasteiger partial charge in [-0.05, 0) is 6.92 Å². The van der Waals surface area contributed by atoms with E-state index in [-0.39, 0.29) is 0 Å². The minimum atomic E-state index is -1.65. The number of hydrogen-bond donors (Lipinski definition) is 7. The topological polar surface area (TPSA) is 231 Å². The summed E-state index contributed by atoms with van der Waals surface area (Å²) in [5, 5.41) is 23.8. The van der Waals surface area contributed by atoms with Crippen LogP contribution in [-0.4, -0.2) is 70.5 Å². The number of hydrogen-bond acceptors (Lipinski definition) is 7. The lowest BCUT2D eigenvalue weighted by atomic mass is 10.1. The number of nitrogens with one attached hydrogen (secondary N) is 3. The molecule has 3 atom stereocenters. The fraction of sp³-hybridized carbons (Fsp3) is 0.538. The van der Waals surface area contributed by atoms with Gasteiger partial charge in [0.15, 0.2) is 0 Å². The van der Waals surface area contributed by atoms with E-state index >= 15 is 0 Å². The molecule has 0 aromatic heterocycles. The molecule has 0 aliphatic carbocycles. The summed E-state index contributed by atoms with van der Waals surface area (Å²) >= 11 is 0. The molecule has 13 heteroatoms. The maximum atomic E-state index is 12.2. The molecule has 0 fully saturated rings. The van der Waals surface area contributed by atoms with Gasteiger partial charge in [-0.3, -0.25) is 28.8 Å². The van der Waals surface area contributed by atoms with Crippen LogP contribution in [0.5, 0.6) is 0 Å². The molecule has 26 heavy (non-hydrogen) atoms. The molecule has 0 bridgehead atoms. The highest BCUT2D eigenvalue weighted by atomic mass is 16.4. The van der Waals surface area contributed by atoms with Crippen LogP contribution in [-0.2, 0) is 28.8 Å². The van der Waals surface area contributed by atoms with Gasteiger partial charge in [0.2, 0.25) is 23.6 Å². The first-order valence-corrected chi connectivity index (χ1v) is 7.31. The van der Waals surface area contributed by atoms with E-state index in [4.69, 9.17) is 21.7 Å². The van der Waals surface area contributed by atoms with Crippen molar-refractivity contribution in [2.75, 3.05) is 6.54 Å². The largest absolute Gasteiger partial charge is 0.481 e. The molecule has 0 radical (unpaired) electrons. The zero-order valence-electron chi connectivity index (χ0n) is 13.9. The SMILES string of the molecule is CC(NC(=O)C(CC(=O)O)NC(=O)C(CC(N)=O)NC(=O)CN)C(=O)O. The minimum Gasteiger partial charge on any atom is -0.481 e. The second kappa shape index (κ2) is 10.6. The molecule has 0 saturated heterocycles. The van der Waals surface area contributed by atoms with E-state index in [1.807, 2.05) is 10.6 Å². The number of rotatable bonds is 11. The maximum absolute atomic E-state index is 12.2. The van der Waals surface area contributed by atoms with Crippen molar-refractivity contribution in [2.24, 2.45) is 11.5 Å². The van der Waals surface area contributed by atoms with Crippen LogP contribution in [0, 0.1) is 0 Å². The Morgan fingerprint density at radius 1 is 0.885 bits per heavy atom. The molecule has 0 aliphatic heterocycles. The lowest BCUT2D eigenvalue weighted by Gasteiger charge is -2.22. The second-order valence-electron chi connectivity index (χ2n) is 5.22. The first kappa shape index (κ1) is 22.8. The van der Waals surface area contributed by atoms with Crippen LogP contribution in [0.2, 0.25) is 0 Å². The summed E-state index contributed by atoms with van der Waals surface area (Å²) in [7, 11) is 0. The first-order chi connectivity index (χ1) is 12.0. The van der Waals surface area contributed by atoms with Crippen LogP contribution in [0.1, 0.15) is 19.8 Å². The van der Waals surface area contributed by atoms with Crippen molar-refractivity contribution < 1.29 is 39.0 Å². The van der Waals surface area contributed by atoms with Crippen molar-refractivity contribution >= 4 is 35.6 Å². The van der Waals surface area contributed by atoms with E-state index in [9.17, 15) is 28.8 Å². The molecular weight excluding hydrogens is 354 g/mol. The van der Waals surface area contributed by atoms with Crippen LogP contribution in [0.25, 0.3) is 0 Å². The molecule has 0 saturated carbocycles. The summed E-state index contributed by atoms with van der Waals surface area (Å²) in [5.74, 6) is -6.69. The zero-order valence-corrected chi connectivity index (χ0v) is 13.9. The van der Waals surface area contributed by atoms with Crippen molar-refractivity contribution in [1.29, 1.82) is 0 Å². The van der Waals surface area contributed by atoms with Crippen molar-refractivity contribution in [3.05, 3.63) is 0 Å². The van der Waals surface area contributed by atoms with Gasteiger partial charge >= 0.3 is 11.9 Å². The van der Waals surface area contributed by atoms with Gasteiger partial charge in [-0.1, -0.05) is 0 Å². The molecule has 0 heterocycles. The van der Waals surface area contributed by atoms with Gasteiger partial charge in [0.1, 0.15) is 18.1 Å². The van der Waals surface area contributed by atoms with Gasteiger partial charge in [-0.2, -0.15) is 0 Å². The molecule has 0 spiro atoms. The number of primary amides is 1. The second-order valence-corrected chi connectivity index (χ2v) is 5.22. The van der Waals surface area contributed by atoms with Gasteiger partial charge in [0, 0.05) is 0 Å². The molecule has 0 rings (SSSR count). The highest BCUT2D eigenvalue weighted by Crippen LogP contribution is 1.99. The Morgan fingerprint density at radius 2 is 1.38 bits per heavy atom. The number of aliphatic carboxylic acids is 2. The van der Waals surface area contributed by atoms with Gasteiger partial charge in [0.25, 0.3) is 0 Å². The summed E-state index contributed by atoms with van der Waals surface area (Å²) in [6, 6.07) is -4.47. The van der Waals surface area contributed by atoms with E-state index < -0.39 is 73.1 Å². The Bertz CT molecular complexity index is 593. The Hall–Kier alpha value is -3.22. The van der Waals surface area contributed by atoms with E-state index in [1.54, 1.807) is 0 Å². The van der Waals surface area contributed by atoms with Crippen molar-refractivity contribution in [1.82, 2.24) is 16.0 Å². The van der Waals surface area contributed by atoms with Crippen molar-refractivity contribution in [3.63, 3.8) is 0 Å². The van der Waals surface area contributed by atoms with Gasteiger partial charge in [-0.25, -0.2) is 0 Å². The molecule has 146 valence electrons. The standard InChI is InChI=1S/C13H21N5O8/c1-5(13(25)26)16-11(23)7(3-10(21)22)18-12(24)6(2-8(15)19)17-9(20)4-14/h5-7H,2-4,14H2,1H3,(H2,15,19)(H,16,23)(H,17,20)(H,18,24)(H,21,22)(H,25,26). The summed E-state index contributed by atoms with van der Waals surface area (Å²) in [5.41, 5.74) is 10.1. The fourth-order valence-electron chi connectivity index (χ4n) is 1.70. The monoisotopic (exact) mass is 375 g/mol. The highest BCUT2D eigenvalue weighted by molar-refractivity contribution is 5.96. The summed E-state index contributed by atoms with van der Waals surface area (Å²) in [6.45, 7) is 0.648. The molecular formula is C13H21N5O8. The zero-order chi connectivity index (χ0) is 20.4. The third-order valence-electron chi connectivity index (χ3n) is 2.98. The van der Waals surface area contributed by atoms with Crippen LogP contribution in [0.15, 0.2) is 0 Å². The lowest BCUT2D eigenvalue weighted by molar-refractivity contribution is -0.143. The number of carboxylic acids is 2.